The van der Waals surface area contributed by atoms with Crippen molar-refractivity contribution in [3.63, 3.8) is 0 Å². The Bertz CT molecular complexity index is 757. The fourth-order valence-corrected chi connectivity index (χ4v) is 2.93. The molecule has 0 amide bonds. The van der Waals surface area contributed by atoms with Crippen LogP contribution in [0.25, 0.3) is 11.0 Å². The zero-order chi connectivity index (χ0) is 14.8. The van der Waals surface area contributed by atoms with Crippen molar-refractivity contribution in [3.8, 4) is 0 Å². The first-order valence-electron chi connectivity index (χ1n) is 7.14. The minimum atomic E-state index is 0.660. The van der Waals surface area contributed by atoms with Crippen LogP contribution in [0.2, 0.25) is 5.02 Å². The Balaban J connectivity index is 1.92. The highest BCUT2D eigenvalue weighted by molar-refractivity contribution is 6.33. The Kier molecular flexibility index (Phi) is 3.84. The van der Waals surface area contributed by atoms with Gasteiger partial charge in [-0.3, -0.25) is 0 Å². The van der Waals surface area contributed by atoms with E-state index in [0.29, 0.717) is 6.54 Å². The third kappa shape index (κ3) is 2.61. The fourth-order valence-electron chi connectivity index (χ4n) is 2.64. The Morgan fingerprint density at radius 2 is 1.95 bits per heavy atom. The molecule has 0 atom stereocenters. The normalized spacial score (nSPS) is 11.0. The number of hydrogen-bond acceptors (Lipinski definition) is 2. The van der Waals surface area contributed by atoms with Crippen molar-refractivity contribution in [3.05, 3.63) is 58.9 Å². The van der Waals surface area contributed by atoms with Gasteiger partial charge in [-0.25, -0.2) is 4.98 Å². The zero-order valence-electron chi connectivity index (χ0n) is 12.2. The van der Waals surface area contributed by atoms with Gasteiger partial charge in [0.15, 0.2) is 0 Å². The number of imidazole rings is 1. The van der Waals surface area contributed by atoms with Gasteiger partial charge in [-0.1, -0.05) is 35.9 Å². The molecule has 4 heteroatoms. The number of para-hydroxylation sites is 3. The Labute approximate surface area is 129 Å². The smallest absolute Gasteiger partial charge is 0.129 e. The fraction of sp³-hybridized carbons (Fsp3) is 0.235. The van der Waals surface area contributed by atoms with Crippen LogP contribution in [0.15, 0.2) is 42.5 Å². The summed E-state index contributed by atoms with van der Waals surface area (Å²) in [6.07, 6.45) is 0. The molecule has 1 heterocycles. The number of benzene rings is 2. The molecule has 1 aromatic heterocycles. The van der Waals surface area contributed by atoms with E-state index >= 15 is 0 Å². The molecule has 0 bridgehead atoms. The lowest BCUT2D eigenvalue weighted by Crippen LogP contribution is -2.09. The van der Waals surface area contributed by atoms with Crippen LogP contribution in [0.3, 0.4) is 0 Å². The standard InChI is InChI=1S/C17H18ClN3/c1-3-21-15-10-5-4-9-14(15)20-16(21)11-19-17-12(2)7-6-8-13(17)18/h4-10,19H,3,11H2,1-2H3. The molecular formula is C17H18ClN3. The third-order valence-corrected chi connectivity index (χ3v) is 4.01. The molecular weight excluding hydrogens is 282 g/mol. The van der Waals surface area contributed by atoms with E-state index in [0.717, 1.165) is 34.2 Å². The van der Waals surface area contributed by atoms with E-state index < -0.39 is 0 Å². The monoisotopic (exact) mass is 299 g/mol. The maximum atomic E-state index is 6.26. The summed E-state index contributed by atoms with van der Waals surface area (Å²) in [5.74, 6) is 1.03. The van der Waals surface area contributed by atoms with Crippen LogP contribution >= 0.6 is 11.6 Å². The van der Waals surface area contributed by atoms with Crippen LogP contribution in [0, 0.1) is 6.92 Å². The first kappa shape index (κ1) is 14.0. The van der Waals surface area contributed by atoms with Crippen molar-refractivity contribution < 1.29 is 0 Å². The predicted octanol–water partition coefficient (Wildman–Crippen LogP) is 4.63. The number of nitrogens with zero attached hydrogens (tertiary/aromatic N) is 2. The molecule has 0 aliphatic carbocycles. The number of nitrogens with one attached hydrogen (secondary N) is 1. The SMILES string of the molecule is CCn1c(CNc2c(C)cccc2Cl)nc2ccccc21. The average Bonchev–Trinajstić information content (AvgIpc) is 2.84. The molecule has 0 radical (unpaired) electrons. The second kappa shape index (κ2) is 5.78. The molecule has 108 valence electrons. The molecule has 0 aliphatic rings. The van der Waals surface area contributed by atoms with E-state index in [4.69, 9.17) is 16.6 Å². The van der Waals surface area contributed by atoms with E-state index in [2.05, 4.69) is 35.9 Å². The van der Waals surface area contributed by atoms with Crippen LogP contribution in [0.4, 0.5) is 5.69 Å². The first-order chi connectivity index (χ1) is 10.2. The first-order valence-corrected chi connectivity index (χ1v) is 7.51. The third-order valence-electron chi connectivity index (χ3n) is 3.70. The van der Waals surface area contributed by atoms with Gasteiger partial charge in [-0.15, -0.1) is 0 Å². The molecule has 0 fully saturated rings. The largest absolute Gasteiger partial charge is 0.376 e. The molecule has 1 N–H and O–H groups in total. The summed E-state index contributed by atoms with van der Waals surface area (Å²) in [7, 11) is 0. The predicted molar refractivity (Wildman–Crippen MR) is 88.9 cm³/mol. The topological polar surface area (TPSA) is 29.9 Å². The number of aryl methyl sites for hydroxylation is 2. The van der Waals surface area contributed by atoms with Crippen LogP contribution in [0.1, 0.15) is 18.3 Å². The highest BCUT2D eigenvalue weighted by atomic mass is 35.5. The van der Waals surface area contributed by atoms with Crippen molar-refractivity contribution in [1.29, 1.82) is 0 Å². The Morgan fingerprint density at radius 1 is 1.14 bits per heavy atom. The van der Waals surface area contributed by atoms with Gasteiger partial charge in [0, 0.05) is 6.54 Å². The average molecular weight is 300 g/mol. The van der Waals surface area contributed by atoms with Crippen LogP contribution < -0.4 is 5.32 Å². The molecule has 21 heavy (non-hydrogen) atoms. The van der Waals surface area contributed by atoms with Gasteiger partial charge in [0.1, 0.15) is 5.82 Å². The number of hydrogen-bond donors (Lipinski definition) is 1. The Hall–Kier alpha value is -2.00. The van der Waals surface area contributed by atoms with E-state index in [-0.39, 0.29) is 0 Å². The maximum Gasteiger partial charge on any atom is 0.129 e. The van der Waals surface area contributed by atoms with Crippen LogP contribution in [0.5, 0.6) is 0 Å². The summed E-state index contributed by atoms with van der Waals surface area (Å²) in [6.45, 7) is 5.75. The van der Waals surface area contributed by atoms with Gasteiger partial charge in [-0.05, 0) is 37.6 Å². The zero-order valence-corrected chi connectivity index (χ0v) is 13.0. The minimum Gasteiger partial charge on any atom is -0.376 e. The van der Waals surface area contributed by atoms with Crippen LogP contribution in [-0.4, -0.2) is 9.55 Å². The maximum absolute atomic E-state index is 6.26. The summed E-state index contributed by atoms with van der Waals surface area (Å²) in [6, 6.07) is 14.1. The van der Waals surface area contributed by atoms with Gasteiger partial charge >= 0.3 is 0 Å². The van der Waals surface area contributed by atoms with Crippen LogP contribution in [-0.2, 0) is 13.1 Å². The van der Waals surface area contributed by atoms with Crippen molar-refractivity contribution in [2.75, 3.05) is 5.32 Å². The molecule has 2 aromatic carbocycles. The molecule has 3 nitrogen and oxygen atoms in total. The number of rotatable bonds is 4. The molecule has 0 spiro atoms. The van der Waals surface area contributed by atoms with Gasteiger partial charge < -0.3 is 9.88 Å². The van der Waals surface area contributed by atoms with E-state index in [1.54, 1.807) is 0 Å². The lowest BCUT2D eigenvalue weighted by molar-refractivity contribution is 0.729. The second-order valence-corrected chi connectivity index (χ2v) is 5.45. The summed E-state index contributed by atoms with van der Waals surface area (Å²) in [4.78, 5) is 4.72. The van der Waals surface area contributed by atoms with Crippen molar-refractivity contribution >= 4 is 28.3 Å². The Morgan fingerprint density at radius 3 is 2.71 bits per heavy atom. The molecule has 0 saturated carbocycles. The highest BCUT2D eigenvalue weighted by Crippen LogP contribution is 2.26. The van der Waals surface area contributed by atoms with E-state index in [1.165, 1.54) is 5.52 Å². The lowest BCUT2D eigenvalue weighted by Gasteiger charge is -2.12. The number of anilines is 1. The van der Waals surface area contributed by atoms with E-state index in [1.807, 2.05) is 30.3 Å². The molecule has 3 rings (SSSR count). The highest BCUT2D eigenvalue weighted by Gasteiger charge is 2.10. The van der Waals surface area contributed by atoms with E-state index in [9.17, 15) is 0 Å². The minimum absolute atomic E-state index is 0.660. The van der Waals surface area contributed by atoms with Crippen molar-refractivity contribution in [2.45, 2.75) is 26.9 Å². The molecule has 3 aromatic rings. The number of aromatic nitrogens is 2. The number of fused-ring (bicyclic) bond motifs is 1. The number of halogens is 1. The second-order valence-electron chi connectivity index (χ2n) is 5.05. The van der Waals surface area contributed by atoms with Crippen molar-refractivity contribution in [2.24, 2.45) is 0 Å². The van der Waals surface area contributed by atoms with Crippen molar-refractivity contribution in [1.82, 2.24) is 9.55 Å². The van der Waals surface area contributed by atoms with Gasteiger partial charge in [-0.2, -0.15) is 0 Å². The summed E-state index contributed by atoms with van der Waals surface area (Å²) < 4.78 is 2.23. The van der Waals surface area contributed by atoms with Gasteiger partial charge in [0.25, 0.3) is 0 Å². The quantitative estimate of drug-likeness (QED) is 0.761. The summed E-state index contributed by atoms with van der Waals surface area (Å²) in [5, 5.41) is 4.16. The van der Waals surface area contributed by atoms with Gasteiger partial charge in [0.05, 0.1) is 28.3 Å². The summed E-state index contributed by atoms with van der Waals surface area (Å²) >= 11 is 6.26. The van der Waals surface area contributed by atoms with Gasteiger partial charge in [0.2, 0.25) is 0 Å². The lowest BCUT2D eigenvalue weighted by atomic mass is 10.2. The molecule has 0 saturated heterocycles. The molecule has 0 aliphatic heterocycles. The molecule has 0 unspecified atom stereocenters. The summed E-state index contributed by atoms with van der Waals surface area (Å²) in [5.41, 5.74) is 4.33.